The van der Waals surface area contributed by atoms with Gasteiger partial charge in [-0.15, -0.1) is 0 Å². The number of hydrogen-bond acceptors (Lipinski definition) is 4. The van der Waals surface area contributed by atoms with E-state index in [2.05, 4.69) is 20.9 Å². The Morgan fingerprint density at radius 1 is 1.33 bits per heavy atom. The molecule has 1 heterocycles. The lowest BCUT2D eigenvalue weighted by Crippen LogP contribution is -1.93. The Bertz CT molecular complexity index is 589. The van der Waals surface area contributed by atoms with Crippen molar-refractivity contribution < 1.29 is 14.1 Å². The molecule has 0 saturated carbocycles. The minimum atomic E-state index is -0.573. The molecule has 92 valence electrons. The van der Waals surface area contributed by atoms with Gasteiger partial charge in [0, 0.05) is 16.6 Å². The highest BCUT2D eigenvalue weighted by Gasteiger charge is 2.09. The van der Waals surface area contributed by atoms with Gasteiger partial charge in [-0.2, -0.15) is 0 Å². The van der Waals surface area contributed by atoms with E-state index in [4.69, 9.17) is 4.74 Å². The first-order valence-corrected chi connectivity index (χ1v) is 5.59. The number of rotatable bonds is 3. The molecule has 0 unspecified atom stereocenters. The van der Waals surface area contributed by atoms with Gasteiger partial charge in [0.1, 0.15) is 6.20 Å². The van der Waals surface area contributed by atoms with Crippen molar-refractivity contribution in [2.75, 3.05) is 0 Å². The first kappa shape index (κ1) is 12.4. The van der Waals surface area contributed by atoms with Crippen molar-refractivity contribution in [3.8, 4) is 11.6 Å². The lowest BCUT2D eigenvalue weighted by molar-refractivity contribution is -0.385. The second kappa shape index (κ2) is 5.09. The quantitative estimate of drug-likeness (QED) is 0.640. The highest BCUT2D eigenvalue weighted by molar-refractivity contribution is 9.10. The van der Waals surface area contributed by atoms with Gasteiger partial charge in [-0.3, -0.25) is 10.1 Å². The summed E-state index contributed by atoms with van der Waals surface area (Å²) in [6.45, 7) is 0. The number of pyridine rings is 1. The topological polar surface area (TPSA) is 65.3 Å². The molecule has 1 aromatic heterocycles. The molecular formula is C11H6BrFN2O3. The molecule has 0 fully saturated rings. The lowest BCUT2D eigenvalue weighted by Gasteiger charge is -2.05. The molecule has 0 aliphatic heterocycles. The van der Waals surface area contributed by atoms with Crippen molar-refractivity contribution in [3.63, 3.8) is 0 Å². The van der Waals surface area contributed by atoms with Crippen LogP contribution in [0, 0.1) is 15.9 Å². The van der Waals surface area contributed by atoms with Crippen LogP contribution in [0.1, 0.15) is 0 Å². The van der Waals surface area contributed by atoms with E-state index in [0.717, 1.165) is 6.20 Å². The average molecular weight is 313 g/mol. The first-order valence-electron chi connectivity index (χ1n) is 4.79. The van der Waals surface area contributed by atoms with Crippen LogP contribution in [0.5, 0.6) is 11.6 Å². The fourth-order valence-corrected chi connectivity index (χ4v) is 1.55. The van der Waals surface area contributed by atoms with Crippen molar-refractivity contribution >= 4 is 21.6 Å². The summed E-state index contributed by atoms with van der Waals surface area (Å²) >= 11 is 3.18. The molecule has 0 spiro atoms. The summed E-state index contributed by atoms with van der Waals surface area (Å²) in [4.78, 5) is 13.6. The Hall–Kier alpha value is -2.02. The molecule has 5 nitrogen and oxygen atoms in total. The molecule has 0 atom stereocenters. The summed E-state index contributed by atoms with van der Waals surface area (Å²) in [5.41, 5.74) is -0.155. The maximum absolute atomic E-state index is 13.4. The van der Waals surface area contributed by atoms with Gasteiger partial charge in [-0.25, -0.2) is 9.37 Å². The van der Waals surface area contributed by atoms with Crippen molar-refractivity contribution in [2.45, 2.75) is 0 Å². The molecular weight excluding hydrogens is 307 g/mol. The normalized spacial score (nSPS) is 10.1. The molecule has 2 aromatic rings. The number of ether oxygens (including phenoxy) is 1. The summed E-state index contributed by atoms with van der Waals surface area (Å²) in [6.07, 6.45) is 1.05. The van der Waals surface area contributed by atoms with Crippen LogP contribution in [0.3, 0.4) is 0 Å². The molecule has 0 aliphatic rings. The molecule has 0 bridgehead atoms. The van der Waals surface area contributed by atoms with Gasteiger partial charge in [0.05, 0.1) is 4.92 Å². The standard InChI is InChI=1S/C11H6BrFN2O3/c12-7-1-3-9(13)10(5-7)18-11-4-2-8(6-14-11)15(16)17/h1-6H. The molecule has 0 radical (unpaired) electrons. The van der Waals surface area contributed by atoms with Gasteiger partial charge in [0.2, 0.25) is 5.88 Å². The number of aromatic nitrogens is 1. The fraction of sp³-hybridized carbons (Fsp3) is 0. The largest absolute Gasteiger partial charge is 0.436 e. The lowest BCUT2D eigenvalue weighted by atomic mass is 10.3. The summed E-state index contributed by atoms with van der Waals surface area (Å²) in [7, 11) is 0. The Morgan fingerprint density at radius 2 is 2.11 bits per heavy atom. The van der Waals surface area contributed by atoms with E-state index < -0.39 is 10.7 Å². The molecule has 2 rings (SSSR count). The van der Waals surface area contributed by atoms with Crippen molar-refractivity contribution in [1.82, 2.24) is 4.98 Å². The highest BCUT2D eigenvalue weighted by atomic mass is 79.9. The predicted octanol–water partition coefficient (Wildman–Crippen LogP) is 3.68. The molecule has 7 heteroatoms. The third-order valence-corrected chi connectivity index (χ3v) is 2.53. The van der Waals surface area contributed by atoms with Crippen molar-refractivity contribution in [2.24, 2.45) is 0 Å². The number of halogens is 2. The minimum absolute atomic E-state index is 0.00859. The smallest absolute Gasteiger partial charge is 0.287 e. The van der Waals surface area contributed by atoms with Crippen LogP contribution in [-0.4, -0.2) is 9.91 Å². The molecule has 0 aliphatic carbocycles. The zero-order valence-corrected chi connectivity index (χ0v) is 10.4. The molecule has 0 N–H and O–H groups in total. The Morgan fingerprint density at radius 3 is 2.72 bits per heavy atom. The zero-order valence-electron chi connectivity index (χ0n) is 8.84. The van der Waals surface area contributed by atoms with Crippen molar-refractivity contribution in [3.05, 3.63) is 56.9 Å². The number of hydrogen-bond donors (Lipinski definition) is 0. The van der Waals surface area contributed by atoms with Gasteiger partial charge < -0.3 is 4.74 Å². The van der Waals surface area contributed by atoms with Crippen molar-refractivity contribution in [1.29, 1.82) is 0 Å². The minimum Gasteiger partial charge on any atom is -0.436 e. The van der Waals surface area contributed by atoms with Crippen LogP contribution in [0.4, 0.5) is 10.1 Å². The Kier molecular flexibility index (Phi) is 3.52. The second-order valence-electron chi connectivity index (χ2n) is 3.29. The van der Waals surface area contributed by atoms with E-state index in [1.807, 2.05) is 0 Å². The average Bonchev–Trinajstić information content (AvgIpc) is 2.34. The maximum atomic E-state index is 13.4. The van der Waals surface area contributed by atoms with Gasteiger partial charge in [0.15, 0.2) is 11.6 Å². The summed E-state index contributed by atoms with van der Waals surface area (Å²) < 4.78 is 19.2. The molecule has 1 aromatic carbocycles. The molecule has 0 amide bonds. The van der Waals surface area contributed by atoms with Crippen LogP contribution in [0.15, 0.2) is 41.0 Å². The highest BCUT2D eigenvalue weighted by Crippen LogP contribution is 2.27. The van der Waals surface area contributed by atoms with E-state index in [1.165, 1.54) is 30.3 Å². The van der Waals surface area contributed by atoms with Gasteiger partial charge in [-0.05, 0) is 18.2 Å². The van der Waals surface area contributed by atoms with Crippen LogP contribution >= 0.6 is 15.9 Å². The van der Waals surface area contributed by atoms with E-state index in [-0.39, 0.29) is 17.3 Å². The predicted molar refractivity (Wildman–Crippen MR) is 65.1 cm³/mol. The third-order valence-electron chi connectivity index (χ3n) is 2.04. The van der Waals surface area contributed by atoms with Crippen LogP contribution in [0.2, 0.25) is 0 Å². The zero-order chi connectivity index (χ0) is 13.1. The van der Waals surface area contributed by atoms with Crippen LogP contribution < -0.4 is 4.74 Å². The van der Waals surface area contributed by atoms with E-state index in [1.54, 1.807) is 0 Å². The summed E-state index contributed by atoms with van der Waals surface area (Å²) in [6, 6.07) is 6.76. The first-order chi connectivity index (χ1) is 8.56. The Labute approximate surface area is 110 Å². The van der Waals surface area contributed by atoms with Gasteiger partial charge in [0.25, 0.3) is 5.69 Å². The van der Waals surface area contributed by atoms with E-state index in [0.29, 0.717) is 4.47 Å². The van der Waals surface area contributed by atoms with Crippen LogP contribution in [-0.2, 0) is 0 Å². The fourth-order valence-electron chi connectivity index (χ4n) is 1.21. The molecule has 18 heavy (non-hydrogen) atoms. The second-order valence-corrected chi connectivity index (χ2v) is 4.20. The number of nitro groups is 1. The maximum Gasteiger partial charge on any atom is 0.287 e. The van der Waals surface area contributed by atoms with E-state index >= 15 is 0 Å². The Balaban J connectivity index is 2.23. The van der Waals surface area contributed by atoms with Gasteiger partial charge in [-0.1, -0.05) is 15.9 Å². The molecule has 0 saturated heterocycles. The summed E-state index contributed by atoms with van der Waals surface area (Å²) in [5, 5.41) is 10.4. The van der Waals surface area contributed by atoms with Crippen LogP contribution in [0.25, 0.3) is 0 Å². The van der Waals surface area contributed by atoms with E-state index in [9.17, 15) is 14.5 Å². The van der Waals surface area contributed by atoms with Gasteiger partial charge >= 0.3 is 0 Å². The number of nitrogens with zero attached hydrogens (tertiary/aromatic N) is 2. The SMILES string of the molecule is O=[N+]([O-])c1ccc(Oc2cc(Br)ccc2F)nc1. The monoisotopic (exact) mass is 312 g/mol. The third kappa shape index (κ3) is 2.80. The number of benzene rings is 1. The summed E-state index contributed by atoms with van der Waals surface area (Å²) in [5.74, 6) is -0.471.